The highest BCUT2D eigenvalue weighted by atomic mass is 16.5. The Morgan fingerprint density at radius 1 is 0.889 bits per heavy atom. The minimum absolute atomic E-state index is 0.0926. The first kappa shape index (κ1) is 18.4. The van der Waals surface area contributed by atoms with Gasteiger partial charge in [-0.1, -0.05) is 54.6 Å². The number of hydrogen-bond acceptors (Lipinski definition) is 3. The van der Waals surface area contributed by atoms with Crippen molar-refractivity contribution in [3.05, 3.63) is 95.6 Å². The summed E-state index contributed by atoms with van der Waals surface area (Å²) in [5.41, 5.74) is 2.75. The number of ether oxygens (including phenoxy) is 1. The van der Waals surface area contributed by atoms with Gasteiger partial charge in [0, 0.05) is 22.9 Å². The van der Waals surface area contributed by atoms with Crippen molar-refractivity contribution in [3.8, 4) is 5.75 Å². The summed E-state index contributed by atoms with van der Waals surface area (Å²) < 4.78 is 5.78. The van der Waals surface area contributed by atoms with E-state index in [2.05, 4.69) is 5.32 Å². The van der Waals surface area contributed by atoms with Crippen LogP contribution in [-0.4, -0.2) is 17.8 Å². The van der Waals surface area contributed by atoms with Crippen molar-refractivity contribution >= 4 is 17.4 Å². The minimum atomic E-state index is -0.630. The van der Waals surface area contributed by atoms with Crippen molar-refractivity contribution < 1.29 is 14.3 Å². The molecule has 3 aromatic rings. The lowest BCUT2D eigenvalue weighted by Crippen LogP contribution is -2.23. The number of hydrogen-bond donors (Lipinski definition) is 1. The van der Waals surface area contributed by atoms with Crippen LogP contribution in [0.4, 0.5) is 5.69 Å². The van der Waals surface area contributed by atoms with Gasteiger partial charge in [0.05, 0.1) is 0 Å². The maximum Gasteiger partial charge on any atom is 0.255 e. The molecule has 1 atom stereocenters. The maximum atomic E-state index is 12.5. The average Bonchev–Trinajstić information content (AvgIpc) is 2.68. The molecular formula is C23H21NO3. The second-order valence-electron chi connectivity index (χ2n) is 6.29. The molecule has 0 heterocycles. The van der Waals surface area contributed by atoms with Gasteiger partial charge in [-0.3, -0.25) is 9.59 Å². The number of ketones is 1. The molecule has 0 radical (unpaired) electrons. The van der Waals surface area contributed by atoms with Crippen LogP contribution in [0.1, 0.15) is 33.2 Å². The monoisotopic (exact) mass is 359 g/mol. The third kappa shape index (κ3) is 4.61. The molecule has 0 fully saturated rings. The average molecular weight is 359 g/mol. The van der Waals surface area contributed by atoms with E-state index < -0.39 is 6.10 Å². The van der Waals surface area contributed by atoms with E-state index in [9.17, 15) is 9.59 Å². The molecule has 1 N–H and O–H groups in total. The molecule has 0 aliphatic rings. The number of anilines is 1. The van der Waals surface area contributed by atoms with E-state index in [-0.39, 0.29) is 11.7 Å². The van der Waals surface area contributed by atoms with Crippen LogP contribution in [-0.2, 0) is 0 Å². The smallest absolute Gasteiger partial charge is 0.255 e. The molecular weight excluding hydrogens is 338 g/mol. The lowest BCUT2D eigenvalue weighted by molar-refractivity contribution is 0.0818. The summed E-state index contributed by atoms with van der Waals surface area (Å²) in [7, 11) is 0. The predicted molar refractivity (Wildman–Crippen MR) is 106 cm³/mol. The van der Waals surface area contributed by atoms with Crippen LogP contribution < -0.4 is 10.1 Å². The molecule has 0 saturated carbocycles. The van der Waals surface area contributed by atoms with Gasteiger partial charge in [-0.25, -0.2) is 0 Å². The Morgan fingerprint density at radius 2 is 1.59 bits per heavy atom. The number of carbonyl (C=O) groups excluding carboxylic acids is 2. The van der Waals surface area contributed by atoms with Gasteiger partial charge in [-0.15, -0.1) is 0 Å². The van der Waals surface area contributed by atoms with Crippen molar-refractivity contribution in [3.63, 3.8) is 0 Å². The van der Waals surface area contributed by atoms with Crippen molar-refractivity contribution in [1.82, 2.24) is 0 Å². The predicted octanol–water partition coefficient (Wildman–Crippen LogP) is 4.90. The Kier molecular flexibility index (Phi) is 5.67. The van der Waals surface area contributed by atoms with Crippen LogP contribution in [0.2, 0.25) is 0 Å². The molecule has 0 aromatic heterocycles. The van der Waals surface area contributed by atoms with Gasteiger partial charge in [0.25, 0.3) is 5.91 Å². The van der Waals surface area contributed by atoms with E-state index in [0.717, 1.165) is 5.56 Å². The molecule has 0 spiro atoms. The van der Waals surface area contributed by atoms with Crippen LogP contribution in [0, 0.1) is 6.92 Å². The van der Waals surface area contributed by atoms with E-state index in [4.69, 9.17) is 4.74 Å². The first-order valence-electron chi connectivity index (χ1n) is 8.77. The molecule has 4 nitrogen and oxygen atoms in total. The second kappa shape index (κ2) is 8.32. The van der Waals surface area contributed by atoms with Crippen LogP contribution in [0.3, 0.4) is 0 Å². The Labute approximate surface area is 158 Å². The van der Waals surface area contributed by atoms with Crippen molar-refractivity contribution in [1.29, 1.82) is 0 Å². The zero-order chi connectivity index (χ0) is 19.2. The molecule has 0 bridgehead atoms. The lowest BCUT2D eigenvalue weighted by atomic mass is 10.1. The van der Waals surface area contributed by atoms with Gasteiger partial charge in [-0.2, -0.15) is 0 Å². The zero-order valence-electron chi connectivity index (χ0n) is 15.3. The molecule has 0 aliphatic carbocycles. The summed E-state index contributed by atoms with van der Waals surface area (Å²) in [5, 5.41) is 2.87. The normalized spacial score (nSPS) is 11.5. The SMILES string of the molecule is Cc1ccccc1C(=O)Nc1cccc(O[C@@H](C)C(=O)c2ccccc2)c1. The van der Waals surface area contributed by atoms with Gasteiger partial charge >= 0.3 is 0 Å². The van der Waals surface area contributed by atoms with Crippen molar-refractivity contribution in [2.45, 2.75) is 20.0 Å². The summed E-state index contributed by atoms with van der Waals surface area (Å²) in [6.45, 7) is 3.61. The Morgan fingerprint density at radius 3 is 2.33 bits per heavy atom. The summed E-state index contributed by atoms with van der Waals surface area (Å²) in [4.78, 5) is 24.9. The fourth-order valence-corrected chi connectivity index (χ4v) is 2.77. The van der Waals surface area contributed by atoms with Crippen molar-refractivity contribution in [2.24, 2.45) is 0 Å². The third-order valence-corrected chi connectivity index (χ3v) is 4.22. The summed E-state index contributed by atoms with van der Waals surface area (Å²) in [6.07, 6.45) is -0.630. The molecule has 0 unspecified atom stereocenters. The van der Waals surface area contributed by atoms with Gasteiger partial charge in [0.15, 0.2) is 6.10 Å². The van der Waals surface area contributed by atoms with Crippen LogP contribution in [0.15, 0.2) is 78.9 Å². The highest BCUT2D eigenvalue weighted by Crippen LogP contribution is 2.21. The Hall–Kier alpha value is -3.40. The summed E-state index contributed by atoms with van der Waals surface area (Å²) in [5.74, 6) is 0.248. The standard InChI is InChI=1S/C23H21NO3/c1-16-9-6-7-14-21(16)23(26)24-19-12-8-13-20(15-19)27-17(2)22(25)18-10-4-3-5-11-18/h3-15,17H,1-2H3,(H,24,26)/t17-/m0/s1. The second-order valence-corrected chi connectivity index (χ2v) is 6.29. The van der Waals surface area contributed by atoms with Crippen molar-refractivity contribution in [2.75, 3.05) is 5.32 Å². The molecule has 3 aromatic carbocycles. The zero-order valence-corrected chi connectivity index (χ0v) is 15.3. The van der Waals surface area contributed by atoms with Gasteiger partial charge in [0.1, 0.15) is 5.75 Å². The molecule has 0 aliphatic heterocycles. The van der Waals surface area contributed by atoms with Gasteiger partial charge in [-0.05, 0) is 37.6 Å². The van der Waals surface area contributed by atoms with E-state index in [1.54, 1.807) is 49.4 Å². The topological polar surface area (TPSA) is 55.4 Å². The van der Waals surface area contributed by atoms with Crippen LogP contribution in [0.5, 0.6) is 5.75 Å². The van der Waals surface area contributed by atoms with E-state index in [0.29, 0.717) is 22.6 Å². The Bertz CT molecular complexity index is 951. The van der Waals surface area contributed by atoms with E-state index >= 15 is 0 Å². The summed E-state index contributed by atoms with van der Waals surface area (Å²) in [6, 6.07) is 23.5. The number of benzene rings is 3. The number of rotatable bonds is 6. The van der Waals surface area contributed by atoms with E-state index in [1.807, 2.05) is 43.3 Å². The number of aryl methyl sites for hydroxylation is 1. The summed E-state index contributed by atoms with van der Waals surface area (Å²) >= 11 is 0. The fraction of sp³-hybridized carbons (Fsp3) is 0.130. The fourth-order valence-electron chi connectivity index (χ4n) is 2.77. The van der Waals surface area contributed by atoms with E-state index in [1.165, 1.54) is 0 Å². The quantitative estimate of drug-likeness (QED) is 0.637. The van der Waals surface area contributed by atoms with Gasteiger partial charge < -0.3 is 10.1 Å². The first-order chi connectivity index (χ1) is 13.0. The first-order valence-corrected chi connectivity index (χ1v) is 8.77. The number of carbonyl (C=O) groups is 2. The number of amides is 1. The largest absolute Gasteiger partial charge is 0.482 e. The van der Waals surface area contributed by atoms with Gasteiger partial charge in [0.2, 0.25) is 5.78 Å². The van der Waals surface area contributed by atoms with Crippen LogP contribution in [0.25, 0.3) is 0 Å². The lowest BCUT2D eigenvalue weighted by Gasteiger charge is -2.15. The number of nitrogens with one attached hydrogen (secondary N) is 1. The van der Waals surface area contributed by atoms with Crippen LogP contribution >= 0.6 is 0 Å². The Balaban J connectivity index is 1.69. The molecule has 27 heavy (non-hydrogen) atoms. The molecule has 3 rings (SSSR count). The molecule has 1 amide bonds. The highest BCUT2D eigenvalue weighted by molar-refractivity contribution is 6.05. The maximum absolute atomic E-state index is 12.5. The number of Topliss-reactive ketones (excluding diaryl/α,β-unsaturated/α-hetero) is 1. The molecule has 4 heteroatoms. The highest BCUT2D eigenvalue weighted by Gasteiger charge is 2.17. The molecule has 136 valence electrons. The minimum Gasteiger partial charge on any atom is -0.482 e. The molecule has 0 saturated heterocycles. The third-order valence-electron chi connectivity index (χ3n) is 4.22.